The van der Waals surface area contributed by atoms with Gasteiger partial charge in [0.2, 0.25) is 0 Å². The topological polar surface area (TPSA) is 3.24 Å². The van der Waals surface area contributed by atoms with Crippen LogP contribution in [0.1, 0.15) is 33.1 Å². The third-order valence-electron chi connectivity index (χ3n) is 3.17. The van der Waals surface area contributed by atoms with Crippen molar-refractivity contribution in [1.29, 1.82) is 0 Å². The van der Waals surface area contributed by atoms with Gasteiger partial charge >= 0.3 is 0 Å². The zero-order valence-corrected chi connectivity index (χ0v) is 10.5. The second-order valence-electron chi connectivity index (χ2n) is 4.46. The van der Waals surface area contributed by atoms with Gasteiger partial charge in [0.1, 0.15) is 0 Å². The van der Waals surface area contributed by atoms with Crippen molar-refractivity contribution in [2.75, 3.05) is 25.0 Å². The molecule has 1 nitrogen and oxygen atoms in total. The minimum atomic E-state index is 0.913. The Kier molecular flexibility index (Phi) is 5.34. The van der Waals surface area contributed by atoms with Crippen molar-refractivity contribution in [1.82, 2.24) is 4.90 Å². The molecule has 2 atom stereocenters. The van der Waals surface area contributed by atoms with Gasteiger partial charge < -0.3 is 4.90 Å². The largest absolute Gasteiger partial charge is 0.303 e. The van der Waals surface area contributed by atoms with Crippen LogP contribution in [0.2, 0.25) is 0 Å². The van der Waals surface area contributed by atoms with Crippen LogP contribution in [0.4, 0.5) is 0 Å². The van der Waals surface area contributed by atoms with E-state index in [0.29, 0.717) is 0 Å². The van der Waals surface area contributed by atoms with E-state index >= 15 is 0 Å². The first-order chi connectivity index (χ1) is 6.24. The van der Waals surface area contributed by atoms with Crippen LogP contribution in [0, 0.1) is 11.8 Å². The molecular formula is C11H22BrN. The van der Waals surface area contributed by atoms with Crippen molar-refractivity contribution >= 4 is 15.9 Å². The van der Waals surface area contributed by atoms with E-state index in [1.165, 1.54) is 44.2 Å². The fourth-order valence-corrected chi connectivity index (χ4v) is 2.43. The van der Waals surface area contributed by atoms with E-state index in [9.17, 15) is 0 Å². The molecule has 0 amide bonds. The Morgan fingerprint density at radius 1 is 1.08 bits per heavy atom. The lowest BCUT2D eigenvalue weighted by Crippen LogP contribution is -2.21. The minimum absolute atomic E-state index is 0.913. The van der Waals surface area contributed by atoms with Crippen molar-refractivity contribution < 1.29 is 0 Å². The van der Waals surface area contributed by atoms with Crippen LogP contribution in [0.3, 0.4) is 0 Å². The smallest absolute Gasteiger partial charge is 0.00313 e. The van der Waals surface area contributed by atoms with E-state index in [2.05, 4.69) is 34.7 Å². The number of hydrogen-bond acceptors (Lipinski definition) is 1. The second-order valence-corrected chi connectivity index (χ2v) is 5.26. The van der Waals surface area contributed by atoms with Gasteiger partial charge in [-0.25, -0.2) is 0 Å². The standard InChI is InChI=1S/C11H22BrN/c1-10-8-13(9-11(10)2)7-5-3-4-6-12/h10-11H,3-9H2,1-2H3. The van der Waals surface area contributed by atoms with E-state index in [0.717, 1.165) is 11.8 Å². The maximum atomic E-state index is 3.47. The molecule has 1 fully saturated rings. The molecule has 0 saturated carbocycles. The third kappa shape index (κ3) is 3.99. The number of halogens is 1. The number of rotatable bonds is 5. The van der Waals surface area contributed by atoms with E-state index in [1.807, 2.05) is 0 Å². The molecule has 1 aliphatic heterocycles. The molecule has 13 heavy (non-hydrogen) atoms. The summed E-state index contributed by atoms with van der Waals surface area (Å²) < 4.78 is 0. The van der Waals surface area contributed by atoms with Gasteiger partial charge in [0.15, 0.2) is 0 Å². The molecule has 0 aromatic heterocycles. The summed E-state index contributed by atoms with van der Waals surface area (Å²) in [5.41, 5.74) is 0. The highest BCUT2D eigenvalue weighted by atomic mass is 79.9. The van der Waals surface area contributed by atoms with Gasteiger partial charge in [-0.3, -0.25) is 0 Å². The molecule has 1 aliphatic rings. The molecule has 1 saturated heterocycles. The first-order valence-corrected chi connectivity index (χ1v) is 6.64. The lowest BCUT2D eigenvalue weighted by Gasteiger charge is -2.14. The summed E-state index contributed by atoms with van der Waals surface area (Å²) in [6.07, 6.45) is 4.09. The van der Waals surface area contributed by atoms with E-state index < -0.39 is 0 Å². The third-order valence-corrected chi connectivity index (χ3v) is 3.73. The minimum Gasteiger partial charge on any atom is -0.303 e. The summed E-state index contributed by atoms with van der Waals surface area (Å²) in [6.45, 7) is 8.74. The van der Waals surface area contributed by atoms with Gasteiger partial charge in [0.25, 0.3) is 0 Å². The molecule has 0 bridgehead atoms. The zero-order valence-electron chi connectivity index (χ0n) is 8.93. The van der Waals surface area contributed by atoms with E-state index in [4.69, 9.17) is 0 Å². The van der Waals surface area contributed by atoms with Gasteiger partial charge in [0, 0.05) is 18.4 Å². The molecule has 0 N–H and O–H groups in total. The van der Waals surface area contributed by atoms with Gasteiger partial charge in [-0.1, -0.05) is 36.2 Å². The Morgan fingerprint density at radius 2 is 1.69 bits per heavy atom. The Labute approximate surface area is 91.0 Å². The fraction of sp³-hybridized carbons (Fsp3) is 1.00. The Hall–Kier alpha value is 0.440. The van der Waals surface area contributed by atoms with Gasteiger partial charge in [-0.2, -0.15) is 0 Å². The Balaban J connectivity index is 2.03. The van der Waals surface area contributed by atoms with Crippen LogP contribution < -0.4 is 0 Å². The van der Waals surface area contributed by atoms with Gasteiger partial charge in [0.05, 0.1) is 0 Å². The first kappa shape index (κ1) is 11.5. The summed E-state index contributed by atoms with van der Waals surface area (Å²) in [4.78, 5) is 2.63. The van der Waals surface area contributed by atoms with E-state index in [1.54, 1.807) is 0 Å². The average Bonchev–Trinajstić information content (AvgIpc) is 2.41. The number of likely N-dealkylation sites (tertiary alicyclic amines) is 1. The summed E-state index contributed by atoms with van der Waals surface area (Å²) in [5, 5.41) is 1.17. The SMILES string of the molecule is CC1CN(CCCCCBr)CC1C. The van der Waals surface area contributed by atoms with Crippen LogP contribution in [-0.2, 0) is 0 Å². The van der Waals surface area contributed by atoms with Crippen LogP contribution in [0.15, 0.2) is 0 Å². The van der Waals surface area contributed by atoms with Crippen molar-refractivity contribution in [3.8, 4) is 0 Å². The van der Waals surface area contributed by atoms with Gasteiger partial charge in [-0.15, -0.1) is 0 Å². The molecule has 0 radical (unpaired) electrons. The Morgan fingerprint density at radius 3 is 2.23 bits per heavy atom. The molecule has 2 heteroatoms. The number of alkyl halides is 1. The molecule has 0 spiro atoms. The molecule has 0 aromatic rings. The van der Waals surface area contributed by atoms with Crippen molar-refractivity contribution in [2.24, 2.45) is 11.8 Å². The maximum absolute atomic E-state index is 3.47. The van der Waals surface area contributed by atoms with Crippen molar-refractivity contribution in [3.05, 3.63) is 0 Å². The molecular weight excluding hydrogens is 226 g/mol. The van der Waals surface area contributed by atoms with Crippen molar-refractivity contribution in [3.63, 3.8) is 0 Å². The number of hydrogen-bond donors (Lipinski definition) is 0. The molecule has 0 aromatic carbocycles. The molecule has 0 aliphatic carbocycles. The summed E-state index contributed by atoms with van der Waals surface area (Å²) >= 11 is 3.47. The van der Waals surface area contributed by atoms with Crippen LogP contribution in [0.5, 0.6) is 0 Å². The van der Waals surface area contributed by atoms with Gasteiger partial charge in [-0.05, 0) is 31.2 Å². The predicted molar refractivity (Wildman–Crippen MR) is 62.4 cm³/mol. The summed E-state index contributed by atoms with van der Waals surface area (Å²) in [5.74, 6) is 1.83. The normalized spacial score (nSPS) is 29.8. The average molecular weight is 248 g/mol. The predicted octanol–water partition coefficient (Wildman–Crippen LogP) is 3.14. The second kappa shape index (κ2) is 6.02. The van der Waals surface area contributed by atoms with E-state index in [-0.39, 0.29) is 0 Å². The van der Waals surface area contributed by atoms with Crippen molar-refractivity contribution in [2.45, 2.75) is 33.1 Å². The quantitative estimate of drug-likeness (QED) is 0.533. The van der Waals surface area contributed by atoms with Crippen LogP contribution in [0.25, 0.3) is 0 Å². The lowest BCUT2D eigenvalue weighted by atomic mass is 10.0. The molecule has 78 valence electrons. The summed E-state index contributed by atoms with van der Waals surface area (Å²) in [7, 11) is 0. The monoisotopic (exact) mass is 247 g/mol. The van der Waals surface area contributed by atoms with Crippen LogP contribution >= 0.6 is 15.9 Å². The number of nitrogens with zero attached hydrogens (tertiary/aromatic N) is 1. The highest BCUT2D eigenvalue weighted by Gasteiger charge is 2.24. The maximum Gasteiger partial charge on any atom is 0.00313 e. The number of unbranched alkanes of at least 4 members (excludes halogenated alkanes) is 2. The Bertz CT molecular complexity index is 128. The van der Waals surface area contributed by atoms with Crippen LogP contribution in [-0.4, -0.2) is 29.9 Å². The fourth-order valence-electron chi connectivity index (χ4n) is 2.04. The lowest BCUT2D eigenvalue weighted by molar-refractivity contribution is 0.315. The first-order valence-electron chi connectivity index (χ1n) is 5.52. The molecule has 1 heterocycles. The molecule has 2 unspecified atom stereocenters. The molecule has 1 rings (SSSR count). The summed E-state index contributed by atoms with van der Waals surface area (Å²) in [6, 6.07) is 0. The highest BCUT2D eigenvalue weighted by Crippen LogP contribution is 2.22. The zero-order chi connectivity index (χ0) is 9.68. The highest BCUT2D eigenvalue weighted by molar-refractivity contribution is 9.09.